The SMILES string of the molecule is CC(C)(C)OC(=O)COC1CCN(C(=O)C(N)CCNC(=O)O)CC1. The number of carbonyl (C=O) groups excluding carboxylic acids is 2. The third kappa shape index (κ3) is 8.69. The van der Waals surface area contributed by atoms with Gasteiger partial charge in [0.25, 0.3) is 0 Å². The van der Waals surface area contributed by atoms with Gasteiger partial charge in [-0.25, -0.2) is 9.59 Å². The predicted octanol–water partition coefficient (Wildman–Crippen LogP) is 0.321. The molecule has 9 nitrogen and oxygen atoms in total. The molecule has 0 saturated carbocycles. The van der Waals surface area contributed by atoms with E-state index >= 15 is 0 Å². The van der Waals surface area contributed by atoms with Crippen molar-refractivity contribution in [3.8, 4) is 0 Å². The first-order valence-electron chi connectivity index (χ1n) is 8.43. The van der Waals surface area contributed by atoms with E-state index < -0.39 is 23.7 Å². The molecule has 1 aliphatic heterocycles. The molecule has 4 N–H and O–H groups in total. The molecule has 144 valence electrons. The molecule has 0 aromatic carbocycles. The van der Waals surface area contributed by atoms with Crippen LogP contribution in [0, 0.1) is 0 Å². The summed E-state index contributed by atoms with van der Waals surface area (Å²) in [4.78, 5) is 35.9. The number of nitrogens with zero attached hydrogens (tertiary/aromatic N) is 1. The summed E-state index contributed by atoms with van der Waals surface area (Å²) in [6.07, 6.45) is 0.257. The number of carboxylic acid groups (broad SMARTS) is 1. The van der Waals surface area contributed by atoms with E-state index in [4.69, 9.17) is 20.3 Å². The van der Waals surface area contributed by atoms with Crippen molar-refractivity contribution in [2.24, 2.45) is 5.73 Å². The van der Waals surface area contributed by atoms with Crippen molar-refractivity contribution in [2.75, 3.05) is 26.2 Å². The number of esters is 1. The lowest BCUT2D eigenvalue weighted by Gasteiger charge is -2.33. The first kappa shape index (κ1) is 21.2. The van der Waals surface area contributed by atoms with E-state index in [1.807, 2.05) is 0 Å². The Labute approximate surface area is 147 Å². The van der Waals surface area contributed by atoms with Gasteiger partial charge >= 0.3 is 12.1 Å². The Morgan fingerprint density at radius 3 is 2.40 bits per heavy atom. The molecule has 0 bridgehead atoms. The Kier molecular flexibility index (Phi) is 8.11. The summed E-state index contributed by atoms with van der Waals surface area (Å²) in [5.74, 6) is -0.600. The number of hydrogen-bond donors (Lipinski definition) is 3. The fourth-order valence-corrected chi connectivity index (χ4v) is 2.49. The van der Waals surface area contributed by atoms with Gasteiger partial charge in [0.1, 0.15) is 12.2 Å². The second-order valence-corrected chi connectivity index (χ2v) is 7.05. The van der Waals surface area contributed by atoms with Crippen molar-refractivity contribution in [1.82, 2.24) is 10.2 Å². The molecule has 1 atom stereocenters. The minimum Gasteiger partial charge on any atom is -0.465 e. The highest BCUT2D eigenvalue weighted by molar-refractivity contribution is 5.81. The topological polar surface area (TPSA) is 131 Å². The van der Waals surface area contributed by atoms with Crippen LogP contribution in [0.3, 0.4) is 0 Å². The summed E-state index contributed by atoms with van der Waals surface area (Å²) in [6.45, 7) is 6.42. The Morgan fingerprint density at radius 1 is 1.28 bits per heavy atom. The van der Waals surface area contributed by atoms with E-state index in [1.54, 1.807) is 25.7 Å². The van der Waals surface area contributed by atoms with Crippen molar-refractivity contribution in [3.05, 3.63) is 0 Å². The van der Waals surface area contributed by atoms with Gasteiger partial charge in [-0.05, 0) is 40.0 Å². The molecule has 9 heteroatoms. The van der Waals surface area contributed by atoms with Crippen LogP contribution in [0.2, 0.25) is 0 Å². The number of rotatable bonds is 7. The second kappa shape index (κ2) is 9.57. The summed E-state index contributed by atoms with van der Waals surface area (Å²) < 4.78 is 10.7. The number of nitrogens with one attached hydrogen (secondary N) is 1. The number of likely N-dealkylation sites (tertiary alicyclic amines) is 1. The van der Waals surface area contributed by atoms with Crippen molar-refractivity contribution in [2.45, 2.75) is 57.8 Å². The maximum Gasteiger partial charge on any atom is 0.404 e. The van der Waals surface area contributed by atoms with Crippen LogP contribution in [0.15, 0.2) is 0 Å². The molecule has 1 fully saturated rings. The van der Waals surface area contributed by atoms with Gasteiger partial charge in [0.15, 0.2) is 0 Å². The number of piperidine rings is 1. The lowest BCUT2D eigenvalue weighted by Crippen LogP contribution is -2.49. The van der Waals surface area contributed by atoms with E-state index in [9.17, 15) is 14.4 Å². The largest absolute Gasteiger partial charge is 0.465 e. The minimum atomic E-state index is -1.14. The number of nitrogens with two attached hydrogens (primary N) is 1. The lowest BCUT2D eigenvalue weighted by molar-refractivity contribution is -0.163. The van der Waals surface area contributed by atoms with Crippen LogP contribution >= 0.6 is 0 Å². The molecule has 1 rings (SSSR count). The summed E-state index contributed by atoms with van der Waals surface area (Å²) in [7, 11) is 0. The van der Waals surface area contributed by atoms with Gasteiger partial charge in [-0.1, -0.05) is 0 Å². The fourth-order valence-electron chi connectivity index (χ4n) is 2.49. The van der Waals surface area contributed by atoms with Crippen LogP contribution in [-0.4, -0.2) is 72.0 Å². The zero-order valence-corrected chi connectivity index (χ0v) is 15.1. The van der Waals surface area contributed by atoms with Crippen LogP contribution in [0.1, 0.15) is 40.0 Å². The van der Waals surface area contributed by atoms with Crippen LogP contribution < -0.4 is 11.1 Å². The number of hydrogen-bond acceptors (Lipinski definition) is 6. The van der Waals surface area contributed by atoms with E-state index in [2.05, 4.69) is 5.32 Å². The Bertz CT molecular complexity index is 469. The molecule has 0 aromatic rings. The third-order valence-corrected chi connectivity index (χ3v) is 3.66. The first-order chi connectivity index (χ1) is 11.6. The molecule has 0 spiro atoms. The minimum absolute atomic E-state index is 0.0959. The first-order valence-corrected chi connectivity index (χ1v) is 8.43. The van der Waals surface area contributed by atoms with Crippen molar-refractivity contribution in [1.29, 1.82) is 0 Å². The summed E-state index contributed by atoms with van der Waals surface area (Å²) in [6, 6.07) is -0.730. The van der Waals surface area contributed by atoms with Gasteiger partial charge < -0.3 is 30.5 Å². The van der Waals surface area contributed by atoms with Crippen molar-refractivity contribution in [3.63, 3.8) is 0 Å². The van der Waals surface area contributed by atoms with Gasteiger partial charge in [-0.15, -0.1) is 0 Å². The van der Waals surface area contributed by atoms with Crippen molar-refractivity contribution >= 4 is 18.0 Å². The highest BCUT2D eigenvalue weighted by Gasteiger charge is 2.27. The van der Waals surface area contributed by atoms with E-state index in [1.165, 1.54) is 0 Å². The van der Waals surface area contributed by atoms with Crippen molar-refractivity contribution < 1.29 is 29.0 Å². The smallest absolute Gasteiger partial charge is 0.404 e. The molecular formula is C16H29N3O6. The van der Waals surface area contributed by atoms with Gasteiger partial charge in [0, 0.05) is 19.6 Å². The average molecular weight is 359 g/mol. The van der Waals surface area contributed by atoms with E-state index in [0.29, 0.717) is 25.9 Å². The second-order valence-electron chi connectivity index (χ2n) is 7.05. The third-order valence-electron chi connectivity index (χ3n) is 3.66. The number of ether oxygens (including phenoxy) is 2. The highest BCUT2D eigenvalue weighted by atomic mass is 16.6. The Balaban J connectivity index is 2.27. The molecule has 1 saturated heterocycles. The fraction of sp³-hybridized carbons (Fsp3) is 0.812. The number of amides is 2. The number of carbonyl (C=O) groups is 3. The summed E-state index contributed by atoms with van der Waals surface area (Å²) in [5.41, 5.74) is 5.27. The molecule has 2 amide bonds. The van der Waals surface area contributed by atoms with Crippen LogP contribution in [0.4, 0.5) is 4.79 Å². The average Bonchev–Trinajstić information content (AvgIpc) is 2.50. The molecule has 1 unspecified atom stereocenters. The molecule has 25 heavy (non-hydrogen) atoms. The molecule has 0 radical (unpaired) electrons. The summed E-state index contributed by atoms with van der Waals surface area (Å²) >= 11 is 0. The summed E-state index contributed by atoms with van der Waals surface area (Å²) in [5, 5.41) is 10.7. The van der Waals surface area contributed by atoms with Gasteiger partial charge in [-0.2, -0.15) is 0 Å². The zero-order chi connectivity index (χ0) is 19.0. The lowest BCUT2D eigenvalue weighted by atomic mass is 10.1. The molecule has 1 aliphatic rings. The van der Waals surface area contributed by atoms with Gasteiger partial charge in [-0.3, -0.25) is 4.79 Å². The normalized spacial score (nSPS) is 17.0. The Hall–Kier alpha value is -1.87. The maximum atomic E-state index is 12.2. The molecule has 0 aliphatic carbocycles. The van der Waals surface area contributed by atoms with Crippen LogP contribution in [-0.2, 0) is 19.1 Å². The van der Waals surface area contributed by atoms with Crippen LogP contribution in [0.5, 0.6) is 0 Å². The molecule has 1 heterocycles. The molecular weight excluding hydrogens is 330 g/mol. The monoisotopic (exact) mass is 359 g/mol. The highest BCUT2D eigenvalue weighted by Crippen LogP contribution is 2.15. The Morgan fingerprint density at radius 2 is 1.88 bits per heavy atom. The van der Waals surface area contributed by atoms with E-state index in [-0.39, 0.29) is 31.6 Å². The van der Waals surface area contributed by atoms with Gasteiger partial charge in [0.2, 0.25) is 5.91 Å². The molecule has 0 aromatic heterocycles. The van der Waals surface area contributed by atoms with E-state index in [0.717, 1.165) is 0 Å². The zero-order valence-electron chi connectivity index (χ0n) is 15.1. The predicted molar refractivity (Wildman–Crippen MR) is 90.0 cm³/mol. The van der Waals surface area contributed by atoms with Gasteiger partial charge in [0.05, 0.1) is 12.1 Å². The maximum absolute atomic E-state index is 12.2. The quantitative estimate of drug-likeness (QED) is 0.558. The standard InChI is InChI=1S/C16H29N3O6/c1-16(2,3)25-13(20)10-24-11-5-8-19(9-6-11)14(21)12(17)4-7-18-15(22)23/h11-12,18H,4-10,17H2,1-3H3,(H,22,23). The van der Waals surface area contributed by atoms with Crippen LogP contribution in [0.25, 0.3) is 0 Å².